The summed E-state index contributed by atoms with van der Waals surface area (Å²) >= 11 is 0. The Hall–Kier alpha value is -2.18. The number of benzene rings is 1. The summed E-state index contributed by atoms with van der Waals surface area (Å²) in [5.41, 5.74) is 1.01. The molecule has 1 aromatic carbocycles. The molecule has 2 fully saturated rings. The fourth-order valence-corrected chi connectivity index (χ4v) is 4.00. The van der Waals surface area contributed by atoms with Crippen molar-refractivity contribution in [1.82, 2.24) is 10.2 Å². The van der Waals surface area contributed by atoms with Gasteiger partial charge in [-0.05, 0) is 37.3 Å². The molecule has 2 amide bonds. The minimum Gasteiger partial charge on any atom is -0.356 e. The molecule has 2 heterocycles. The van der Waals surface area contributed by atoms with Crippen molar-refractivity contribution in [2.75, 3.05) is 32.8 Å². The number of likely N-dealkylation sites (tertiary alicyclic amines) is 1. The molecule has 2 aliphatic rings. The summed E-state index contributed by atoms with van der Waals surface area (Å²) < 4.78 is 11.3. The number of carbonyl (C=O) groups excluding carboxylic acids is 2. The van der Waals surface area contributed by atoms with Gasteiger partial charge in [-0.25, -0.2) is 0 Å². The van der Waals surface area contributed by atoms with E-state index in [2.05, 4.69) is 12.2 Å². The average molecular weight is 401 g/mol. The Morgan fingerprint density at radius 3 is 2.52 bits per heavy atom. The zero-order chi connectivity index (χ0) is 20.7. The van der Waals surface area contributed by atoms with Gasteiger partial charge in [-0.2, -0.15) is 0 Å². The summed E-state index contributed by atoms with van der Waals surface area (Å²) in [7, 11) is 0. The van der Waals surface area contributed by atoms with Crippen LogP contribution in [0.5, 0.6) is 0 Å². The molecule has 0 spiro atoms. The topological polar surface area (TPSA) is 67.9 Å². The molecule has 1 aromatic rings. The van der Waals surface area contributed by atoms with Crippen LogP contribution in [0.4, 0.5) is 0 Å². The Morgan fingerprint density at radius 2 is 1.86 bits per heavy atom. The Morgan fingerprint density at radius 1 is 1.21 bits per heavy atom. The van der Waals surface area contributed by atoms with Crippen LogP contribution in [-0.4, -0.2) is 55.3 Å². The molecular formula is C23H32N2O4. The molecule has 0 radical (unpaired) electrons. The summed E-state index contributed by atoms with van der Waals surface area (Å²) in [5, 5.41) is 3.07. The van der Waals surface area contributed by atoms with E-state index >= 15 is 0 Å². The van der Waals surface area contributed by atoms with Crippen LogP contribution in [-0.2, 0) is 19.1 Å². The van der Waals surface area contributed by atoms with E-state index in [-0.39, 0.29) is 23.7 Å². The number of nitrogens with one attached hydrogen (secondary N) is 1. The fraction of sp³-hybridized carbons (Fsp3) is 0.565. The van der Waals surface area contributed by atoms with Crippen molar-refractivity contribution in [2.24, 2.45) is 11.8 Å². The number of nitrogens with zero attached hydrogens (tertiary/aromatic N) is 1. The highest BCUT2D eigenvalue weighted by atomic mass is 16.7. The van der Waals surface area contributed by atoms with Crippen LogP contribution >= 0.6 is 0 Å². The molecule has 1 atom stereocenters. The largest absolute Gasteiger partial charge is 0.356 e. The third kappa shape index (κ3) is 6.41. The van der Waals surface area contributed by atoms with E-state index in [9.17, 15) is 9.59 Å². The minimum atomic E-state index is -0.525. The molecule has 0 aliphatic carbocycles. The number of rotatable bonds is 7. The first-order valence-corrected chi connectivity index (χ1v) is 10.5. The van der Waals surface area contributed by atoms with Gasteiger partial charge in [0.15, 0.2) is 5.79 Å². The maximum atomic E-state index is 12.5. The predicted molar refractivity (Wildman–Crippen MR) is 112 cm³/mol. The summed E-state index contributed by atoms with van der Waals surface area (Å²) in [6.07, 6.45) is 5.62. The molecule has 29 heavy (non-hydrogen) atoms. The van der Waals surface area contributed by atoms with Crippen molar-refractivity contribution in [3.8, 4) is 0 Å². The zero-order valence-corrected chi connectivity index (χ0v) is 17.4. The smallest absolute Gasteiger partial charge is 0.246 e. The highest BCUT2D eigenvalue weighted by Crippen LogP contribution is 2.26. The van der Waals surface area contributed by atoms with Gasteiger partial charge in [0.2, 0.25) is 11.8 Å². The molecule has 2 aliphatic heterocycles. The summed E-state index contributed by atoms with van der Waals surface area (Å²) in [5.74, 6) is -0.192. The third-order valence-corrected chi connectivity index (χ3v) is 5.64. The van der Waals surface area contributed by atoms with Crippen LogP contribution in [0.25, 0.3) is 6.08 Å². The monoisotopic (exact) mass is 400 g/mol. The van der Waals surface area contributed by atoms with E-state index < -0.39 is 5.79 Å². The summed E-state index contributed by atoms with van der Waals surface area (Å²) in [4.78, 5) is 26.7. The first-order chi connectivity index (χ1) is 14.0. The van der Waals surface area contributed by atoms with E-state index in [4.69, 9.17) is 9.47 Å². The van der Waals surface area contributed by atoms with Crippen LogP contribution < -0.4 is 5.32 Å². The van der Waals surface area contributed by atoms with Crippen molar-refractivity contribution < 1.29 is 19.1 Å². The number of ether oxygens (including phenoxy) is 2. The first-order valence-electron chi connectivity index (χ1n) is 10.5. The van der Waals surface area contributed by atoms with Crippen LogP contribution in [0, 0.1) is 11.8 Å². The number of hydrogen-bond acceptors (Lipinski definition) is 4. The third-order valence-electron chi connectivity index (χ3n) is 5.64. The van der Waals surface area contributed by atoms with Crippen LogP contribution in [0.15, 0.2) is 36.4 Å². The zero-order valence-electron chi connectivity index (χ0n) is 17.4. The highest BCUT2D eigenvalue weighted by molar-refractivity contribution is 5.92. The van der Waals surface area contributed by atoms with E-state index in [1.807, 2.05) is 48.2 Å². The normalized spacial score (nSPS) is 20.7. The van der Waals surface area contributed by atoms with Crippen molar-refractivity contribution in [1.29, 1.82) is 0 Å². The molecular weight excluding hydrogens is 368 g/mol. The van der Waals surface area contributed by atoms with Crippen LogP contribution in [0.1, 0.15) is 38.7 Å². The van der Waals surface area contributed by atoms with E-state index in [1.54, 1.807) is 6.08 Å². The lowest BCUT2D eigenvalue weighted by atomic mass is 9.95. The molecule has 0 bridgehead atoms. The Labute approximate surface area is 173 Å². The van der Waals surface area contributed by atoms with Crippen molar-refractivity contribution >= 4 is 17.9 Å². The lowest BCUT2D eigenvalue weighted by molar-refractivity contribution is -0.154. The van der Waals surface area contributed by atoms with Crippen LogP contribution in [0.2, 0.25) is 0 Å². The Kier molecular flexibility index (Phi) is 7.45. The SMILES string of the molecule is CC(CNC(=O)C1CCN(C(=O)/C=C/c2ccccc2)CC1)CC1(C)OCCO1. The maximum absolute atomic E-state index is 12.5. The quantitative estimate of drug-likeness (QED) is 0.715. The van der Waals surface area contributed by atoms with Gasteiger partial charge in [0.05, 0.1) is 13.2 Å². The first kappa shape index (κ1) is 21.5. The molecule has 1 N–H and O–H groups in total. The standard InChI is InChI=1S/C23H32N2O4/c1-18(16-23(2)28-14-15-29-23)17-24-22(27)20-10-12-25(13-11-20)21(26)9-8-19-6-4-3-5-7-19/h3-9,18,20H,10-17H2,1-2H3,(H,24,27)/b9-8+. The van der Waals surface area contributed by atoms with Crippen LogP contribution in [0.3, 0.4) is 0 Å². The average Bonchev–Trinajstić information content (AvgIpc) is 3.17. The van der Waals surface area contributed by atoms with Gasteiger partial charge in [0, 0.05) is 38.0 Å². The molecule has 1 unspecified atom stereocenters. The molecule has 6 nitrogen and oxygen atoms in total. The summed E-state index contributed by atoms with van der Waals surface area (Å²) in [6, 6.07) is 9.78. The molecule has 6 heteroatoms. The lowest BCUT2D eigenvalue weighted by Gasteiger charge is -2.31. The van der Waals surface area contributed by atoms with E-state index in [1.165, 1.54) is 0 Å². The number of carbonyl (C=O) groups is 2. The number of piperidine rings is 1. The highest BCUT2D eigenvalue weighted by Gasteiger charge is 2.33. The number of hydrogen-bond donors (Lipinski definition) is 1. The molecule has 2 saturated heterocycles. The van der Waals surface area contributed by atoms with Gasteiger partial charge in [-0.15, -0.1) is 0 Å². The maximum Gasteiger partial charge on any atom is 0.246 e. The molecule has 3 rings (SSSR count). The van der Waals surface area contributed by atoms with Crippen molar-refractivity contribution in [3.05, 3.63) is 42.0 Å². The second-order valence-corrected chi connectivity index (χ2v) is 8.23. The van der Waals surface area contributed by atoms with Gasteiger partial charge >= 0.3 is 0 Å². The van der Waals surface area contributed by atoms with Gasteiger partial charge in [0.25, 0.3) is 0 Å². The second-order valence-electron chi connectivity index (χ2n) is 8.23. The predicted octanol–water partition coefficient (Wildman–Crippen LogP) is 2.84. The lowest BCUT2D eigenvalue weighted by Crippen LogP contribution is -2.43. The van der Waals surface area contributed by atoms with Gasteiger partial charge < -0.3 is 19.7 Å². The van der Waals surface area contributed by atoms with E-state index in [0.29, 0.717) is 45.7 Å². The van der Waals surface area contributed by atoms with Gasteiger partial charge in [-0.3, -0.25) is 9.59 Å². The van der Waals surface area contributed by atoms with Crippen molar-refractivity contribution in [2.45, 2.75) is 38.9 Å². The van der Waals surface area contributed by atoms with E-state index in [0.717, 1.165) is 12.0 Å². The molecule has 0 aromatic heterocycles. The summed E-state index contributed by atoms with van der Waals surface area (Å²) in [6.45, 7) is 7.16. The van der Waals surface area contributed by atoms with Gasteiger partial charge in [-0.1, -0.05) is 37.3 Å². The van der Waals surface area contributed by atoms with Crippen molar-refractivity contribution in [3.63, 3.8) is 0 Å². The number of amides is 2. The molecule has 0 saturated carbocycles. The minimum absolute atomic E-state index is 0.00569. The second kappa shape index (κ2) is 10.0. The Balaban J connectivity index is 1.37. The Bertz CT molecular complexity index is 705. The fourth-order valence-electron chi connectivity index (χ4n) is 4.00. The van der Waals surface area contributed by atoms with Gasteiger partial charge in [0.1, 0.15) is 0 Å². The molecule has 158 valence electrons.